The lowest BCUT2D eigenvalue weighted by molar-refractivity contribution is -0.162. The van der Waals surface area contributed by atoms with Crippen LogP contribution in [0.25, 0.3) is 10.2 Å². The van der Waals surface area contributed by atoms with Gasteiger partial charge in [0, 0.05) is 17.7 Å². The van der Waals surface area contributed by atoms with Gasteiger partial charge in [0.15, 0.2) is 0 Å². The minimum atomic E-state index is -1.28. The number of anilines is 1. The van der Waals surface area contributed by atoms with E-state index in [0.717, 1.165) is 48.1 Å². The second-order valence-corrected chi connectivity index (χ2v) is 12.2. The van der Waals surface area contributed by atoms with Gasteiger partial charge in [0.2, 0.25) is 5.13 Å². The molecule has 1 N–H and O–H groups in total. The largest absolute Gasteiger partial charge is 0.494 e. The van der Waals surface area contributed by atoms with Crippen molar-refractivity contribution in [3.63, 3.8) is 0 Å². The molecular weight excluding hydrogens is 719 g/mol. The summed E-state index contributed by atoms with van der Waals surface area (Å²) in [6, 6.07) is 18.2. The summed E-state index contributed by atoms with van der Waals surface area (Å²) in [5.41, 5.74) is 4.09. The molecule has 0 saturated carbocycles. The minimum Gasteiger partial charge on any atom is -0.494 e. The third kappa shape index (κ3) is 13.7. The van der Waals surface area contributed by atoms with Crippen LogP contribution in [-0.2, 0) is 33.4 Å². The molecule has 0 saturated heterocycles. The van der Waals surface area contributed by atoms with E-state index < -0.39 is 29.8 Å². The topological polar surface area (TPSA) is 178 Å². The van der Waals surface area contributed by atoms with Gasteiger partial charge in [0.05, 0.1) is 48.4 Å². The third-order valence-electron chi connectivity index (χ3n) is 7.21. The molecular formula is C39H39N3O11S. The first-order valence-electron chi connectivity index (χ1n) is 17.0. The standard InChI is InChI=1S/C39H39N3O11S/c1-3-34(43)49-22-10-6-5-9-21-48-29-17-15-27(16-18-29)36(45)52-30-19-20-32(53-38(47)37(46)51-24-12-11-23-50-35(44)4-2)28(25-30)26-40-42-39-41-31-13-7-8-14-33(31)54-39/h3-4,7-8,13-20,25-26H,1-2,5-6,9-12,21-24H2,(H,41,42)/b40-26+. The van der Waals surface area contributed by atoms with Crippen molar-refractivity contribution in [2.75, 3.05) is 31.9 Å². The predicted octanol–water partition coefficient (Wildman–Crippen LogP) is 6.59. The summed E-state index contributed by atoms with van der Waals surface area (Å²) < 4.78 is 32.4. The van der Waals surface area contributed by atoms with Crippen molar-refractivity contribution in [1.82, 2.24) is 4.98 Å². The molecule has 1 heterocycles. The van der Waals surface area contributed by atoms with E-state index >= 15 is 0 Å². The molecule has 0 radical (unpaired) electrons. The van der Waals surface area contributed by atoms with Crippen LogP contribution in [0.5, 0.6) is 17.2 Å². The Balaban J connectivity index is 1.33. The Labute approximate surface area is 315 Å². The molecule has 0 atom stereocenters. The maximum Gasteiger partial charge on any atom is 0.422 e. The highest BCUT2D eigenvalue weighted by Crippen LogP contribution is 2.27. The smallest absolute Gasteiger partial charge is 0.422 e. The summed E-state index contributed by atoms with van der Waals surface area (Å²) in [6.07, 6.45) is 7.61. The monoisotopic (exact) mass is 757 g/mol. The van der Waals surface area contributed by atoms with Crippen molar-refractivity contribution >= 4 is 62.7 Å². The van der Waals surface area contributed by atoms with Gasteiger partial charge in [-0.05, 0) is 93.1 Å². The minimum absolute atomic E-state index is 0.0550. The van der Waals surface area contributed by atoms with Gasteiger partial charge in [-0.1, -0.05) is 36.6 Å². The molecule has 0 bridgehead atoms. The second kappa shape index (κ2) is 21.9. The molecule has 0 fully saturated rings. The van der Waals surface area contributed by atoms with Crippen LogP contribution in [0.1, 0.15) is 54.4 Å². The number of rotatable bonds is 21. The van der Waals surface area contributed by atoms with Crippen LogP contribution in [0.15, 0.2) is 97.1 Å². The summed E-state index contributed by atoms with van der Waals surface area (Å²) in [4.78, 5) is 64.6. The molecule has 1 aromatic heterocycles. The van der Waals surface area contributed by atoms with E-state index in [2.05, 4.69) is 28.7 Å². The number of esters is 5. The molecule has 0 aliphatic heterocycles. The highest BCUT2D eigenvalue weighted by molar-refractivity contribution is 7.22. The number of hydrogen-bond donors (Lipinski definition) is 1. The maximum absolute atomic E-state index is 13.0. The number of unbranched alkanes of at least 4 members (excludes halogenated alkanes) is 4. The number of para-hydroxylation sites is 1. The van der Waals surface area contributed by atoms with E-state index in [4.69, 9.17) is 28.4 Å². The molecule has 282 valence electrons. The number of ether oxygens (including phenoxy) is 6. The van der Waals surface area contributed by atoms with Gasteiger partial charge in [0.1, 0.15) is 17.2 Å². The van der Waals surface area contributed by atoms with Gasteiger partial charge in [-0.2, -0.15) is 5.10 Å². The Hall–Kier alpha value is -6.35. The molecule has 0 aliphatic rings. The van der Waals surface area contributed by atoms with Gasteiger partial charge in [-0.3, -0.25) is 5.43 Å². The first-order chi connectivity index (χ1) is 26.2. The highest BCUT2D eigenvalue weighted by Gasteiger charge is 2.21. The number of carbonyl (C=O) groups is 5. The quantitative estimate of drug-likeness (QED) is 0.0141. The Bertz CT molecular complexity index is 1920. The summed E-state index contributed by atoms with van der Waals surface area (Å²) >= 11 is 1.38. The van der Waals surface area contributed by atoms with Crippen LogP contribution in [0, 0.1) is 0 Å². The fraction of sp³-hybridized carbons (Fsp3) is 0.256. The number of hydrogen-bond acceptors (Lipinski definition) is 15. The predicted molar refractivity (Wildman–Crippen MR) is 201 cm³/mol. The summed E-state index contributed by atoms with van der Waals surface area (Å²) in [7, 11) is 0. The molecule has 0 amide bonds. The van der Waals surface area contributed by atoms with Crippen LogP contribution in [0.3, 0.4) is 0 Å². The van der Waals surface area contributed by atoms with Crippen molar-refractivity contribution in [2.24, 2.45) is 5.10 Å². The SMILES string of the molecule is C=CC(=O)OCCCCCCOc1ccc(C(=O)Oc2ccc(OC(=O)C(=O)OCCCCOC(=O)C=C)c(/C=N/Nc3nc4ccccc4s3)c2)cc1. The number of nitrogens with zero attached hydrogens (tertiary/aromatic N) is 2. The van der Waals surface area contributed by atoms with Crippen molar-refractivity contribution in [2.45, 2.75) is 38.5 Å². The number of fused-ring (bicyclic) bond motifs is 1. The normalized spacial score (nSPS) is 10.7. The van der Waals surface area contributed by atoms with Crippen LogP contribution in [-0.4, -0.2) is 67.5 Å². The molecule has 0 spiro atoms. The second-order valence-electron chi connectivity index (χ2n) is 11.2. The summed E-state index contributed by atoms with van der Waals surface area (Å²) in [5, 5.41) is 4.72. The van der Waals surface area contributed by atoms with Crippen molar-refractivity contribution in [3.8, 4) is 17.2 Å². The molecule has 15 heteroatoms. The first-order valence-corrected chi connectivity index (χ1v) is 17.8. The van der Waals surface area contributed by atoms with Crippen molar-refractivity contribution in [1.29, 1.82) is 0 Å². The molecule has 54 heavy (non-hydrogen) atoms. The Morgan fingerprint density at radius 1 is 0.704 bits per heavy atom. The molecule has 3 aromatic carbocycles. The number of nitrogens with one attached hydrogen (secondary N) is 1. The fourth-order valence-electron chi connectivity index (χ4n) is 4.49. The highest BCUT2D eigenvalue weighted by atomic mass is 32.1. The number of hydrazone groups is 1. The fourth-order valence-corrected chi connectivity index (χ4v) is 5.31. The Morgan fingerprint density at radius 2 is 1.33 bits per heavy atom. The Morgan fingerprint density at radius 3 is 2.02 bits per heavy atom. The van der Waals surface area contributed by atoms with E-state index in [1.54, 1.807) is 24.3 Å². The average molecular weight is 758 g/mol. The van der Waals surface area contributed by atoms with Crippen LogP contribution < -0.4 is 19.6 Å². The number of aromatic nitrogens is 1. The van der Waals surface area contributed by atoms with Gasteiger partial charge in [0.25, 0.3) is 0 Å². The van der Waals surface area contributed by atoms with Crippen molar-refractivity contribution < 1.29 is 52.4 Å². The van der Waals surface area contributed by atoms with Crippen LogP contribution in [0.4, 0.5) is 5.13 Å². The number of benzene rings is 3. The van der Waals surface area contributed by atoms with E-state index in [1.807, 2.05) is 24.3 Å². The van der Waals surface area contributed by atoms with Gasteiger partial charge < -0.3 is 28.4 Å². The number of carbonyl (C=O) groups excluding carboxylic acids is 5. The van der Waals surface area contributed by atoms with Gasteiger partial charge >= 0.3 is 29.8 Å². The van der Waals surface area contributed by atoms with Gasteiger partial charge in [-0.15, -0.1) is 0 Å². The van der Waals surface area contributed by atoms with Crippen LogP contribution >= 0.6 is 11.3 Å². The maximum atomic E-state index is 13.0. The summed E-state index contributed by atoms with van der Waals surface area (Å²) in [6.45, 7) is 7.52. The zero-order valence-electron chi connectivity index (χ0n) is 29.4. The third-order valence-corrected chi connectivity index (χ3v) is 8.15. The first kappa shape index (κ1) is 40.4. The lowest BCUT2D eigenvalue weighted by Crippen LogP contribution is -2.24. The lowest BCUT2D eigenvalue weighted by atomic mass is 10.2. The molecule has 0 unspecified atom stereocenters. The Kier molecular flexibility index (Phi) is 16.4. The summed E-state index contributed by atoms with van der Waals surface area (Å²) in [5.74, 6) is -3.50. The molecule has 4 rings (SSSR count). The number of thiazole rings is 1. The average Bonchev–Trinajstić information content (AvgIpc) is 3.60. The van der Waals surface area contributed by atoms with E-state index in [9.17, 15) is 24.0 Å². The van der Waals surface area contributed by atoms with Gasteiger partial charge in [-0.25, -0.2) is 29.0 Å². The zero-order valence-corrected chi connectivity index (χ0v) is 30.2. The zero-order chi connectivity index (χ0) is 38.5. The van der Waals surface area contributed by atoms with Crippen LogP contribution in [0.2, 0.25) is 0 Å². The van der Waals surface area contributed by atoms with E-state index in [0.29, 0.717) is 36.9 Å². The molecule has 14 nitrogen and oxygen atoms in total. The van der Waals surface area contributed by atoms with E-state index in [-0.39, 0.29) is 35.8 Å². The van der Waals surface area contributed by atoms with Crippen molar-refractivity contribution in [3.05, 3.63) is 103 Å². The molecule has 0 aliphatic carbocycles. The molecule has 4 aromatic rings. The van der Waals surface area contributed by atoms with E-state index in [1.165, 1.54) is 35.8 Å². The lowest BCUT2D eigenvalue weighted by Gasteiger charge is -2.11.